The Morgan fingerprint density at radius 2 is 1.45 bits per heavy atom. The minimum atomic E-state index is -1.90. The van der Waals surface area contributed by atoms with Crippen LogP contribution in [0.5, 0.6) is 0 Å². The van der Waals surface area contributed by atoms with Gasteiger partial charge in [-0.15, -0.1) is 0 Å². The van der Waals surface area contributed by atoms with Crippen LogP contribution in [0.1, 0.15) is 37.5 Å². The van der Waals surface area contributed by atoms with Crippen LogP contribution in [0.15, 0.2) is 66.3 Å². The highest BCUT2D eigenvalue weighted by molar-refractivity contribution is 6.67. The van der Waals surface area contributed by atoms with Crippen LogP contribution in [0.3, 0.4) is 0 Å². The molecule has 1 aromatic heterocycles. The van der Waals surface area contributed by atoms with Crippen molar-refractivity contribution in [2.45, 2.75) is 27.9 Å². The number of benzene rings is 1. The van der Waals surface area contributed by atoms with E-state index in [1.165, 1.54) is 0 Å². The summed E-state index contributed by atoms with van der Waals surface area (Å²) in [4.78, 5) is 12.4. The lowest BCUT2D eigenvalue weighted by Crippen LogP contribution is -2.16. The van der Waals surface area contributed by atoms with E-state index in [2.05, 4.69) is 34.0 Å². The molecule has 0 aliphatic carbocycles. The highest BCUT2D eigenvalue weighted by Gasteiger charge is 2.33. The van der Waals surface area contributed by atoms with Crippen molar-refractivity contribution in [2.75, 3.05) is 0 Å². The average molecular weight is 538 g/mol. The zero-order chi connectivity index (χ0) is 23.1. The Morgan fingerprint density at radius 3 is 1.94 bits per heavy atom. The van der Waals surface area contributed by atoms with E-state index in [9.17, 15) is 0 Å². The van der Waals surface area contributed by atoms with Gasteiger partial charge in [0.2, 0.25) is 7.59 Å². The van der Waals surface area contributed by atoms with Crippen molar-refractivity contribution in [3.05, 3.63) is 83.5 Å². The van der Waals surface area contributed by atoms with Crippen LogP contribution < -0.4 is 0 Å². The minimum absolute atomic E-state index is 0.130. The Labute approximate surface area is 212 Å². The third kappa shape index (κ3) is 8.42. The van der Waals surface area contributed by atoms with Gasteiger partial charge in [-0.1, -0.05) is 143 Å². The van der Waals surface area contributed by atoms with Gasteiger partial charge in [-0.3, -0.25) is 0 Å². The first-order chi connectivity index (χ1) is 14.5. The molecule has 0 aliphatic rings. The first-order valence-corrected chi connectivity index (χ1v) is 11.5. The smallest absolute Gasteiger partial charge is 0.209 e. The molecule has 0 atom stereocenters. The van der Waals surface area contributed by atoms with Crippen molar-refractivity contribution in [1.82, 2.24) is 15.0 Å². The van der Waals surface area contributed by atoms with Gasteiger partial charge in [0.1, 0.15) is 0 Å². The minimum Gasteiger partial charge on any atom is -0.209 e. The zero-order valence-electron chi connectivity index (χ0n) is 16.7. The monoisotopic (exact) mass is 535 g/mol. The maximum absolute atomic E-state index is 5.93. The SMILES string of the molecule is C/C=C\C=C(/C=CCC)C=Cc1ccc(-c2nc(C(Cl)(Cl)Cl)nc(C(Cl)(Cl)Cl)n2)cc1. The van der Waals surface area contributed by atoms with Crippen LogP contribution in [0, 0.1) is 0 Å². The molecule has 0 amide bonds. The van der Waals surface area contributed by atoms with E-state index in [1.54, 1.807) is 0 Å². The van der Waals surface area contributed by atoms with Crippen molar-refractivity contribution >= 4 is 75.7 Å². The number of rotatable bonds is 6. The maximum atomic E-state index is 5.93. The number of halogens is 6. The van der Waals surface area contributed by atoms with Crippen molar-refractivity contribution in [1.29, 1.82) is 0 Å². The van der Waals surface area contributed by atoms with E-state index in [0.717, 1.165) is 17.6 Å². The van der Waals surface area contributed by atoms with Gasteiger partial charge in [-0.2, -0.15) is 0 Å². The van der Waals surface area contributed by atoms with Gasteiger partial charge >= 0.3 is 0 Å². The second-order valence-electron chi connectivity index (χ2n) is 6.26. The Balaban J connectivity index is 2.37. The predicted octanol–water partition coefficient (Wildman–Crippen LogP) is 8.67. The van der Waals surface area contributed by atoms with Crippen LogP contribution in [-0.2, 0) is 7.59 Å². The number of hydrogen-bond acceptors (Lipinski definition) is 3. The molecule has 1 aromatic carbocycles. The van der Waals surface area contributed by atoms with Crippen LogP contribution in [0.25, 0.3) is 17.5 Å². The predicted molar refractivity (Wildman–Crippen MR) is 135 cm³/mol. The summed E-state index contributed by atoms with van der Waals surface area (Å²) in [5, 5.41) is 0. The first-order valence-electron chi connectivity index (χ1n) is 9.23. The van der Waals surface area contributed by atoms with Gasteiger partial charge < -0.3 is 0 Å². The lowest BCUT2D eigenvalue weighted by atomic mass is 10.1. The molecule has 3 nitrogen and oxygen atoms in total. The van der Waals surface area contributed by atoms with Gasteiger partial charge in [0, 0.05) is 5.56 Å². The molecular formula is C22H19Cl6N3. The number of nitrogens with zero attached hydrogens (tertiary/aromatic N) is 3. The zero-order valence-corrected chi connectivity index (χ0v) is 21.2. The lowest BCUT2D eigenvalue weighted by Gasteiger charge is -2.15. The molecule has 0 unspecified atom stereocenters. The molecule has 0 radical (unpaired) electrons. The number of aromatic nitrogens is 3. The third-order valence-electron chi connectivity index (χ3n) is 3.81. The van der Waals surface area contributed by atoms with Gasteiger partial charge in [0.05, 0.1) is 0 Å². The van der Waals surface area contributed by atoms with Crippen LogP contribution in [0.2, 0.25) is 0 Å². The van der Waals surface area contributed by atoms with Crippen LogP contribution in [0.4, 0.5) is 0 Å². The quantitative estimate of drug-likeness (QED) is 0.273. The summed E-state index contributed by atoms with van der Waals surface area (Å²) in [6.45, 7) is 4.07. The molecule has 2 aromatic rings. The fourth-order valence-corrected chi connectivity index (χ4v) is 2.83. The molecule has 0 aliphatic heterocycles. The van der Waals surface area contributed by atoms with E-state index < -0.39 is 7.59 Å². The Morgan fingerprint density at radius 1 is 0.871 bits per heavy atom. The molecule has 9 heteroatoms. The van der Waals surface area contributed by atoms with Crippen molar-refractivity contribution in [3.63, 3.8) is 0 Å². The van der Waals surface area contributed by atoms with E-state index in [-0.39, 0.29) is 17.5 Å². The van der Waals surface area contributed by atoms with Gasteiger partial charge in [-0.05, 0) is 24.5 Å². The topological polar surface area (TPSA) is 38.7 Å². The second kappa shape index (κ2) is 11.7. The number of hydrogen-bond donors (Lipinski definition) is 0. The van der Waals surface area contributed by atoms with Crippen molar-refractivity contribution < 1.29 is 0 Å². The molecule has 0 N–H and O–H groups in total. The van der Waals surface area contributed by atoms with E-state index >= 15 is 0 Å². The van der Waals surface area contributed by atoms with E-state index in [1.807, 2.05) is 61.6 Å². The number of alkyl halides is 6. The summed E-state index contributed by atoms with van der Waals surface area (Å²) in [6, 6.07) is 7.49. The summed E-state index contributed by atoms with van der Waals surface area (Å²) < 4.78 is -3.79. The fourth-order valence-electron chi connectivity index (χ4n) is 2.32. The Bertz CT molecular complexity index is 965. The molecule has 1 heterocycles. The standard InChI is InChI=1S/C22H19Cl6N3/c1-3-5-7-15(8-6-4-2)9-10-16-11-13-17(14-12-16)18-29-19(21(23,24)25)31-20(30-18)22(26,27)28/h3,5-14H,4H2,1-2H3/b5-3-,8-6?,10-9?,15-7+. The summed E-state index contributed by atoms with van der Waals surface area (Å²) in [6.07, 6.45) is 15.2. The highest BCUT2D eigenvalue weighted by Crippen LogP contribution is 2.40. The molecular weight excluding hydrogens is 519 g/mol. The Kier molecular flexibility index (Phi) is 9.88. The summed E-state index contributed by atoms with van der Waals surface area (Å²) >= 11 is 35.6. The molecule has 31 heavy (non-hydrogen) atoms. The van der Waals surface area contributed by atoms with E-state index in [4.69, 9.17) is 69.6 Å². The largest absolute Gasteiger partial charge is 0.250 e. The van der Waals surface area contributed by atoms with Crippen LogP contribution in [-0.4, -0.2) is 15.0 Å². The van der Waals surface area contributed by atoms with Gasteiger partial charge in [0.25, 0.3) is 0 Å². The molecule has 2 rings (SSSR count). The summed E-state index contributed by atoms with van der Waals surface area (Å²) in [5.74, 6) is -0.0312. The molecule has 164 valence electrons. The van der Waals surface area contributed by atoms with Crippen molar-refractivity contribution in [2.24, 2.45) is 0 Å². The maximum Gasteiger partial charge on any atom is 0.250 e. The molecule has 0 saturated carbocycles. The fraction of sp³-hybridized carbons (Fsp3) is 0.227. The van der Waals surface area contributed by atoms with Crippen molar-refractivity contribution in [3.8, 4) is 11.4 Å². The first kappa shape index (κ1) is 26.2. The average Bonchev–Trinajstić information content (AvgIpc) is 2.72. The summed E-state index contributed by atoms with van der Waals surface area (Å²) in [7, 11) is 0. The third-order valence-corrected chi connectivity index (χ3v) is 4.82. The highest BCUT2D eigenvalue weighted by atomic mass is 35.6. The summed E-state index contributed by atoms with van der Waals surface area (Å²) in [5.41, 5.74) is 2.72. The normalized spacial score (nSPS) is 13.7. The lowest BCUT2D eigenvalue weighted by molar-refractivity contribution is 0.851. The molecule has 0 saturated heterocycles. The van der Waals surface area contributed by atoms with E-state index in [0.29, 0.717) is 5.56 Å². The molecule has 0 bridgehead atoms. The molecule has 0 fully saturated rings. The Hall–Kier alpha value is -1.07. The number of allylic oxidation sites excluding steroid dienone is 7. The molecule has 0 spiro atoms. The second-order valence-corrected chi connectivity index (χ2v) is 10.8. The van der Waals surface area contributed by atoms with Gasteiger partial charge in [-0.25, -0.2) is 15.0 Å². The van der Waals surface area contributed by atoms with Gasteiger partial charge in [0.15, 0.2) is 17.5 Å². The van der Waals surface area contributed by atoms with Crippen LogP contribution >= 0.6 is 69.6 Å².